The molecule has 3 N–H and O–H groups in total. The minimum Gasteiger partial charge on any atom is -0.508 e. The van der Waals surface area contributed by atoms with Gasteiger partial charge in [-0.1, -0.05) is 6.92 Å². The molecule has 0 saturated heterocycles. The van der Waals surface area contributed by atoms with Crippen molar-refractivity contribution in [2.45, 2.75) is 27.2 Å². The summed E-state index contributed by atoms with van der Waals surface area (Å²) in [6.07, 6.45) is 0.642. The SMILES string of the molecule is CCc1cc(-c2n[nH]c(=S)n2-c2ccc(N(CC)CC)cc2)c(O)cc1O. The second-order valence-corrected chi connectivity index (χ2v) is 6.61. The molecule has 1 aromatic heterocycles. The summed E-state index contributed by atoms with van der Waals surface area (Å²) < 4.78 is 2.22. The van der Waals surface area contributed by atoms with Crippen LogP contribution in [0, 0.1) is 4.77 Å². The van der Waals surface area contributed by atoms with E-state index in [0.29, 0.717) is 22.6 Å². The topological polar surface area (TPSA) is 77.3 Å². The number of hydrogen-bond acceptors (Lipinski definition) is 5. The fraction of sp³-hybridized carbons (Fsp3) is 0.300. The summed E-state index contributed by atoms with van der Waals surface area (Å²) in [7, 11) is 0. The second kappa shape index (κ2) is 7.84. The number of phenols is 2. The van der Waals surface area contributed by atoms with Gasteiger partial charge < -0.3 is 15.1 Å². The number of aromatic nitrogens is 3. The smallest absolute Gasteiger partial charge is 0.200 e. The van der Waals surface area contributed by atoms with Gasteiger partial charge in [0.05, 0.1) is 11.3 Å². The molecule has 0 spiro atoms. The molecule has 0 fully saturated rings. The molecule has 0 bridgehead atoms. The quantitative estimate of drug-likeness (QED) is 0.549. The maximum absolute atomic E-state index is 10.4. The Labute approximate surface area is 163 Å². The van der Waals surface area contributed by atoms with Gasteiger partial charge in [-0.05, 0) is 68.4 Å². The van der Waals surface area contributed by atoms with Gasteiger partial charge in [-0.2, -0.15) is 5.10 Å². The van der Waals surface area contributed by atoms with Crippen molar-refractivity contribution in [2.75, 3.05) is 18.0 Å². The van der Waals surface area contributed by atoms with E-state index in [1.165, 1.54) is 6.07 Å². The van der Waals surface area contributed by atoms with E-state index in [1.54, 1.807) is 10.6 Å². The molecule has 7 heteroatoms. The van der Waals surface area contributed by atoms with Crippen LogP contribution in [-0.2, 0) is 6.42 Å². The van der Waals surface area contributed by atoms with Crippen molar-refractivity contribution in [3.8, 4) is 28.6 Å². The predicted molar refractivity (Wildman–Crippen MR) is 110 cm³/mol. The molecule has 3 aromatic rings. The monoisotopic (exact) mass is 384 g/mol. The van der Waals surface area contributed by atoms with Gasteiger partial charge in [-0.15, -0.1) is 0 Å². The van der Waals surface area contributed by atoms with Gasteiger partial charge in [0.15, 0.2) is 10.6 Å². The van der Waals surface area contributed by atoms with E-state index in [-0.39, 0.29) is 11.5 Å². The van der Waals surface area contributed by atoms with Crippen molar-refractivity contribution in [3.05, 3.63) is 46.7 Å². The first-order valence-corrected chi connectivity index (χ1v) is 9.48. The second-order valence-electron chi connectivity index (χ2n) is 6.23. The Bertz CT molecular complexity index is 988. The lowest BCUT2D eigenvalue weighted by Gasteiger charge is -2.21. The van der Waals surface area contributed by atoms with Gasteiger partial charge >= 0.3 is 0 Å². The summed E-state index contributed by atoms with van der Waals surface area (Å²) in [4.78, 5) is 2.26. The maximum Gasteiger partial charge on any atom is 0.200 e. The zero-order valence-corrected chi connectivity index (χ0v) is 16.5. The number of aromatic amines is 1. The molecule has 0 unspecified atom stereocenters. The third-order valence-electron chi connectivity index (χ3n) is 4.73. The van der Waals surface area contributed by atoms with Gasteiger partial charge in [-0.3, -0.25) is 9.67 Å². The summed E-state index contributed by atoms with van der Waals surface area (Å²) in [5, 5.41) is 27.4. The summed E-state index contributed by atoms with van der Waals surface area (Å²) in [6, 6.07) is 11.2. The highest BCUT2D eigenvalue weighted by Crippen LogP contribution is 2.35. The predicted octanol–water partition coefficient (Wildman–Crippen LogP) is 4.42. The third kappa shape index (κ3) is 3.55. The molecule has 142 valence electrons. The van der Waals surface area contributed by atoms with Crippen LogP contribution < -0.4 is 4.90 Å². The van der Waals surface area contributed by atoms with Crippen molar-refractivity contribution in [1.82, 2.24) is 14.8 Å². The molecule has 3 rings (SSSR count). The van der Waals surface area contributed by atoms with Crippen LogP contribution in [0.2, 0.25) is 0 Å². The number of nitrogens with one attached hydrogen (secondary N) is 1. The summed E-state index contributed by atoms with van der Waals surface area (Å²) >= 11 is 5.42. The molecule has 0 aliphatic carbocycles. The van der Waals surface area contributed by atoms with Crippen LogP contribution in [0.3, 0.4) is 0 Å². The molecule has 6 nitrogen and oxygen atoms in total. The number of hydrogen-bond donors (Lipinski definition) is 3. The van der Waals surface area contributed by atoms with Crippen LogP contribution in [0.4, 0.5) is 5.69 Å². The number of benzene rings is 2. The molecule has 27 heavy (non-hydrogen) atoms. The first-order chi connectivity index (χ1) is 13.0. The zero-order valence-electron chi connectivity index (χ0n) is 15.7. The fourth-order valence-electron chi connectivity index (χ4n) is 3.20. The molecule has 1 heterocycles. The van der Waals surface area contributed by atoms with Crippen LogP contribution in [0.1, 0.15) is 26.3 Å². The lowest BCUT2D eigenvalue weighted by molar-refractivity contribution is 0.447. The van der Waals surface area contributed by atoms with Crippen LogP contribution >= 0.6 is 12.2 Å². The summed E-state index contributed by atoms with van der Waals surface area (Å²) in [6.45, 7) is 8.07. The first-order valence-electron chi connectivity index (χ1n) is 9.08. The summed E-state index contributed by atoms with van der Waals surface area (Å²) in [5.41, 5.74) is 3.25. The Morgan fingerprint density at radius 1 is 1.04 bits per heavy atom. The molecule has 0 radical (unpaired) electrons. The van der Waals surface area contributed by atoms with Crippen molar-refractivity contribution in [3.63, 3.8) is 0 Å². The molecule has 2 aromatic carbocycles. The van der Waals surface area contributed by atoms with Gasteiger partial charge in [0.1, 0.15) is 11.5 Å². The molecule has 0 aliphatic heterocycles. The van der Waals surface area contributed by atoms with E-state index >= 15 is 0 Å². The van der Waals surface area contributed by atoms with Gasteiger partial charge in [0, 0.05) is 24.8 Å². The Morgan fingerprint density at radius 3 is 2.30 bits per heavy atom. The number of aryl methyl sites for hydroxylation is 1. The standard InChI is InChI=1S/C20H24N4O2S/c1-4-13-11-16(18(26)12-17(13)25)19-21-22-20(27)24(19)15-9-7-14(8-10-15)23(5-2)6-3/h7-12,25-26H,4-6H2,1-3H3,(H,22,27). The molecular weight excluding hydrogens is 360 g/mol. The largest absolute Gasteiger partial charge is 0.508 e. The van der Waals surface area contributed by atoms with E-state index in [2.05, 4.69) is 41.1 Å². The lowest BCUT2D eigenvalue weighted by Crippen LogP contribution is -2.21. The molecule has 0 saturated carbocycles. The Balaban J connectivity index is 2.10. The van der Waals surface area contributed by atoms with E-state index in [9.17, 15) is 10.2 Å². The molecule has 0 aliphatic rings. The number of nitrogens with zero attached hydrogens (tertiary/aromatic N) is 3. The van der Waals surface area contributed by atoms with Gasteiger partial charge in [0.25, 0.3) is 0 Å². The van der Waals surface area contributed by atoms with Gasteiger partial charge in [-0.25, -0.2) is 0 Å². The minimum absolute atomic E-state index is 0.0419. The number of aromatic hydroxyl groups is 2. The van der Waals surface area contributed by atoms with Crippen LogP contribution in [-0.4, -0.2) is 38.1 Å². The van der Waals surface area contributed by atoms with E-state index < -0.39 is 0 Å². The maximum atomic E-state index is 10.4. The number of rotatable bonds is 6. The van der Waals surface area contributed by atoms with E-state index in [1.807, 2.05) is 19.1 Å². The third-order valence-corrected chi connectivity index (χ3v) is 5.00. The highest BCUT2D eigenvalue weighted by molar-refractivity contribution is 7.71. The average molecular weight is 385 g/mol. The van der Waals surface area contributed by atoms with Gasteiger partial charge in [0.2, 0.25) is 0 Å². The first kappa shape index (κ1) is 19.0. The Kier molecular flexibility index (Phi) is 5.51. The Morgan fingerprint density at radius 2 is 1.70 bits per heavy atom. The van der Waals surface area contributed by atoms with Crippen LogP contribution in [0.15, 0.2) is 36.4 Å². The molecule has 0 atom stereocenters. The van der Waals surface area contributed by atoms with Crippen LogP contribution in [0.5, 0.6) is 11.5 Å². The number of H-pyrrole nitrogens is 1. The molecule has 0 amide bonds. The number of phenolic OH excluding ortho intramolecular Hbond substituents is 2. The zero-order chi connectivity index (χ0) is 19.6. The fourth-order valence-corrected chi connectivity index (χ4v) is 3.44. The van der Waals surface area contributed by atoms with Crippen LogP contribution in [0.25, 0.3) is 17.1 Å². The average Bonchev–Trinajstić information content (AvgIpc) is 3.05. The normalized spacial score (nSPS) is 10.9. The Hall–Kier alpha value is -2.80. The van der Waals surface area contributed by atoms with E-state index in [0.717, 1.165) is 30.0 Å². The molecular formula is C20H24N4O2S. The lowest BCUT2D eigenvalue weighted by atomic mass is 10.1. The number of anilines is 1. The van der Waals surface area contributed by atoms with Crippen molar-refractivity contribution >= 4 is 17.9 Å². The minimum atomic E-state index is -0.0419. The van der Waals surface area contributed by atoms with E-state index in [4.69, 9.17) is 12.2 Å². The highest BCUT2D eigenvalue weighted by atomic mass is 32.1. The summed E-state index contributed by atoms with van der Waals surface area (Å²) in [5.74, 6) is 0.533. The van der Waals surface area contributed by atoms with Crippen molar-refractivity contribution < 1.29 is 10.2 Å². The highest BCUT2D eigenvalue weighted by Gasteiger charge is 2.17. The van der Waals surface area contributed by atoms with Crippen molar-refractivity contribution in [2.24, 2.45) is 0 Å². The van der Waals surface area contributed by atoms with Crippen molar-refractivity contribution in [1.29, 1.82) is 0 Å².